The molecule has 8 nitrogen and oxygen atoms in total. The van der Waals surface area contributed by atoms with Gasteiger partial charge in [-0.2, -0.15) is 0 Å². The molecule has 162 valence electrons. The summed E-state index contributed by atoms with van der Waals surface area (Å²) in [5.74, 6) is -0.733. The van der Waals surface area contributed by atoms with Gasteiger partial charge in [0.15, 0.2) is 0 Å². The Balaban J connectivity index is 2.17. The quantitative estimate of drug-likeness (QED) is 0.439. The van der Waals surface area contributed by atoms with Gasteiger partial charge in [-0.15, -0.1) is 0 Å². The summed E-state index contributed by atoms with van der Waals surface area (Å²) in [7, 11) is -4.23. The number of rotatable bonds is 5. The molecular weight excluding hydrogens is 473 g/mol. The molecule has 2 aromatic carbocycles. The summed E-state index contributed by atoms with van der Waals surface area (Å²) in [5, 5.41) is 0.476. The van der Waals surface area contributed by atoms with Gasteiger partial charge in [-0.25, -0.2) is 22.4 Å². The molecule has 4 aromatic rings. The average Bonchev–Trinajstić information content (AvgIpc) is 3.16. The van der Waals surface area contributed by atoms with E-state index in [1.54, 1.807) is 18.2 Å². The molecule has 0 spiro atoms. The standard InChI is InChI=1S/C21H15Cl2N5O3S/c22-12-6-7-14(16(23)8-12)20-15(21(25)29)9-18(17-10-19(24)27-11-26-17)28(20)32(30,31)13-4-2-1-3-5-13/h1-11H,(H2,25,29)(H2,24,26,27). The molecule has 0 bridgehead atoms. The summed E-state index contributed by atoms with van der Waals surface area (Å²) in [6, 6.07) is 14.9. The number of amides is 1. The molecule has 0 aliphatic rings. The first-order valence-electron chi connectivity index (χ1n) is 9.09. The van der Waals surface area contributed by atoms with Crippen molar-refractivity contribution in [1.29, 1.82) is 0 Å². The minimum absolute atomic E-state index is 0.0127. The number of nitrogens with zero attached hydrogens (tertiary/aromatic N) is 3. The van der Waals surface area contributed by atoms with Crippen LogP contribution in [0.3, 0.4) is 0 Å². The number of primary amides is 1. The van der Waals surface area contributed by atoms with Crippen LogP contribution in [0.4, 0.5) is 5.82 Å². The second-order valence-electron chi connectivity index (χ2n) is 6.69. The molecule has 0 saturated carbocycles. The maximum absolute atomic E-state index is 13.8. The maximum Gasteiger partial charge on any atom is 0.268 e. The van der Waals surface area contributed by atoms with Crippen LogP contribution >= 0.6 is 23.2 Å². The van der Waals surface area contributed by atoms with Gasteiger partial charge in [-0.05, 0) is 36.4 Å². The third-order valence-electron chi connectivity index (χ3n) is 4.64. The second kappa shape index (κ2) is 8.27. The molecule has 4 rings (SSSR count). The number of benzene rings is 2. The van der Waals surface area contributed by atoms with Crippen molar-refractivity contribution in [2.24, 2.45) is 5.73 Å². The second-order valence-corrected chi connectivity index (χ2v) is 9.32. The van der Waals surface area contributed by atoms with Gasteiger partial charge >= 0.3 is 0 Å². The molecule has 32 heavy (non-hydrogen) atoms. The van der Waals surface area contributed by atoms with E-state index in [1.165, 1.54) is 48.8 Å². The van der Waals surface area contributed by atoms with E-state index >= 15 is 0 Å². The van der Waals surface area contributed by atoms with Crippen LogP contribution < -0.4 is 11.5 Å². The molecule has 0 radical (unpaired) electrons. The van der Waals surface area contributed by atoms with E-state index in [9.17, 15) is 13.2 Å². The third-order valence-corrected chi connectivity index (χ3v) is 6.92. The van der Waals surface area contributed by atoms with Gasteiger partial charge in [-0.3, -0.25) is 4.79 Å². The molecule has 0 aliphatic carbocycles. The fourth-order valence-electron chi connectivity index (χ4n) is 3.26. The number of hydrogen-bond acceptors (Lipinski definition) is 6. The zero-order valence-corrected chi connectivity index (χ0v) is 18.6. The van der Waals surface area contributed by atoms with E-state index in [1.807, 2.05) is 0 Å². The molecule has 0 fully saturated rings. The first kappa shape index (κ1) is 21.8. The lowest BCUT2D eigenvalue weighted by atomic mass is 10.1. The summed E-state index contributed by atoms with van der Waals surface area (Å²) < 4.78 is 28.6. The molecule has 0 unspecified atom stereocenters. The molecule has 2 aromatic heterocycles. The van der Waals surface area contributed by atoms with E-state index < -0.39 is 15.9 Å². The van der Waals surface area contributed by atoms with E-state index in [4.69, 9.17) is 34.7 Å². The number of carbonyl (C=O) groups is 1. The number of anilines is 1. The molecule has 0 aliphatic heterocycles. The van der Waals surface area contributed by atoms with Crippen LogP contribution in [0.1, 0.15) is 10.4 Å². The van der Waals surface area contributed by atoms with Crippen molar-refractivity contribution in [3.8, 4) is 22.6 Å². The first-order chi connectivity index (χ1) is 15.2. The Kier molecular flexibility index (Phi) is 5.64. The minimum Gasteiger partial charge on any atom is -0.384 e. The Labute approximate surface area is 193 Å². The number of hydrogen-bond donors (Lipinski definition) is 2. The Morgan fingerprint density at radius 2 is 1.69 bits per heavy atom. The van der Waals surface area contributed by atoms with E-state index in [-0.39, 0.29) is 43.9 Å². The lowest BCUT2D eigenvalue weighted by Crippen LogP contribution is -2.18. The number of carbonyl (C=O) groups excluding carboxylic acids is 1. The van der Waals surface area contributed by atoms with Crippen molar-refractivity contribution in [1.82, 2.24) is 13.9 Å². The number of nitrogens with two attached hydrogens (primary N) is 2. The number of halogens is 2. The summed E-state index contributed by atoms with van der Waals surface area (Å²) in [5.41, 5.74) is 11.8. The van der Waals surface area contributed by atoms with Gasteiger partial charge < -0.3 is 11.5 Å². The molecule has 2 heterocycles. The fourth-order valence-corrected chi connectivity index (χ4v) is 5.31. The minimum atomic E-state index is -4.23. The van der Waals surface area contributed by atoms with Crippen LogP contribution in [-0.4, -0.2) is 28.3 Å². The van der Waals surface area contributed by atoms with Crippen LogP contribution in [0.2, 0.25) is 10.0 Å². The maximum atomic E-state index is 13.8. The third kappa shape index (κ3) is 3.81. The Morgan fingerprint density at radius 1 is 0.969 bits per heavy atom. The highest BCUT2D eigenvalue weighted by atomic mass is 35.5. The fraction of sp³-hybridized carbons (Fsp3) is 0. The van der Waals surface area contributed by atoms with Gasteiger partial charge in [0, 0.05) is 16.7 Å². The van der Waals surface area contributed by atoms with Gasteiger partial charge in [-0.1, -0.05) is 41.4 Å². The topological polar surface area (TPSA) is 134 Å². The SMILES string of the molecule is NC(=O)c1cc(-c2cc(N)ncn2)n(S(=O)(=O)c2ccccc2)c1-c1ccc(Cl)cc1Cl. The van der Waals surface area contributed by atoms with Gasteiger partial charge in [0.2, 0.25) is 0 Å². The largest absolute Gasteiger partial charge is 0.384 e. The predicted octanol–water partition coefficient (Wildman–Crippen LogP) is 3.84. The summed E-state index contributed by atoms with van der Waals surface area (Å²) in [6.45, 7) is 0. The van der Waals surface area contributed by atoms with Crippen molar-refractivity contribution >= 4 is 45.0 Å². The molecular formula is C21H15Cl2N5O3S. The smallest absolute Gasteiger partial charge is 0.268 e. The zero-order valence-electron chi connectivity index (χ0n) is 16.2. The predicted molar refractivity (Wildman–Crippen MR) is 123 cm³/mol. The van der Waals surface area contributed by atoms with Crippen molar-refractivity contribution in [3.05, 3.63) is 82.6 Å². The number of aromatic nitrogens is 3. The van der Waals surface area contributed by atoms with Crippen LogP contribution in [0.15, 0.2) is 71.9 Å². The van der Waals surface area contributed by atoms with Crippen molar-refractivity contribution in [3.63, 3.8) is 0 Å². The van der Waals surface area contributed by atoms with Crippen LogP contribution in [0.25, 0.3) is 22.6 Å². The van der Waals surface area contributed by atoms with E-state index in [0.29, 0.717) is 5.02 Å². The zero-order chi connectivity index (χ0) is 23.0. The van der Waals surface area contributed by atoms with E-state index in [0.717, 1.165) is 3.97 Å². The summed E-state index contributed by atoms with van der Waals surface area (Å²) >= 11 is 12.4. The Hall–Kier alpha value is -3.40. The van der Waals surface area contributed by atoms with Gasteiger partial charge in [0.1, 0.15) is 12.1 Å². The van der Waals surface area contributed by atoms with Crippen molar-refractivity contribution in [2.75, 3.05) is 5.73 Å². The molecule has 4 N–H and O–H groups in total. The highest BCUT2D eigenvalue weighted by molar-refractivity contribution is 7.90. The molecule has 0 saturated heterocycles. The van der Waals surface area contributed by atoms with Crippen molar-refractivity contribution < 1.29 is 13.2 Å². The van der Waals surface area contributed by atoms with Crippen LogP contribution in [0.5, 0.6) is 0 Å². The lowest BCUT2D eigenvalue weighted by Gasteiger charge is -2.16. The molecule has 1 amide bonds. The first-order valence-corrected chi connectivity index (χ1v) is 11.3. The summed E-state index contributed by atoms with van der Waals surface area (Å²) in [6.07, 6.45) is 1.19. The van der Waals surface area contributed by atoms with E-state index in [2.05, 4.69) is 9.97 Å². The Bertz CT molecular complexity index is 1450. The Morgan fingerprint density at radius 3 is 2.31 bits per heavy atom. The normalized spacial score (nSPS) is 11.4. The molecule has 11 heteroatoms. The van der Waals surface area contributed by atoms with Crippen LogP contribution in [-0.2, 0) is 10.0 Å². The highest BCUT2D eigenvalue weighted by Gasteiger charge is 2.31. The average molecular weight is 488 g/mol. The number of nitrogen functional groups attached to an aromatic ring is 1. The lowest BCUT2D eigenvalue weighted by molar-refractivity contribution is 0.100. The summed E-state index contributed by atoms with van der Waals surface area (Å²) in [4.78, 5) is 20.4. The van der Waals surface area contributed by atoms with Gasteiger partial charge in [0.05, 0.1) is 32.6 Å². The van der Waals surface area contributed by atoms with Crippen molar-refractivity contribution in [2.45, 2.75) is 4.90 Å². The molecule has 0 atom stereocenters. The monoisotopic (exact) mass is 487 g/mol. The van der Waals surface area contributed by atoms with Crippen LogP contribution in [0, 0.1) is 0 Å². The van der Waals surface area contributed by atoms with Gasteiger partial charge in [0.25, 0.3) is 15.9 Å². The highest BCUT2D eigenvalue weighted by Crippen LogP contribution is 2.39.